The molecular weight excluding hydrogens is 369 g/mol. The number of rotatable bonds is 4. The molecule has 0 aliphatic carbocycles. The molecule has 5 heteroatoms. The molecule has 0 spiro atoms. The Kier molecular flexibility index (Phi) is 5.23. The normalized spacial score (nSPS) is 10.1. The third-order valence-electron chi connectivity index (χ3n) is 2.64. The lowest BCUT2D eigenvalue weighted by atomic mass is 10.3. The van der Waals surface area contributed by atoms with Gasteiger partial charge in [-0.15, -0.1) is 0 Å². The number of hydrogen-bond acceptors (Lipinski definition) is 3. The zero-order valence-electron chi connectivity index (χ0n) is 10.7. The van der Waals surface area contributed by atoms with E-state index in [4.69, 9.17) is 4.74 Å². The Bertz CT molecular complexity index is 557. The van der Waals surface area contributed by atoms with Crippen molar-refractivity contribution in [3.63, 3.8) is 0 Å². The number of benzene rings is 2. The van der Waals surface area contributed by atoms with Crippen molar-refractivity contribution in [2.45, 2.75) is 0 Å². The number of carbonyl (C=O) groups excluding carboxylic acids is 1. The van der Waals surface area contributed by atoms with Crippen LogP contribution in [-0.2, 0) is 0 Å². The van der Waals surface area contributed by atoms with Gasteiger partial charge in [0.15, 0.2) is 0 Å². The van der Waals surface area contributed by atoms with Gasteiger partial charge in [-0.2, -0.15) is 0 Å². The monoisotopic (exact) mass is 383 g/mol. The molecule has 0 heterocycles. The summed E-state index contributed by atoms with van der Waals surface area (Å²) in [5, 5.41) is 9.31. The molecule has 2 aromatic rings. The van der Waals surface area contributed by atoms with E-state index < -0.39 is 6.09 Å². The molecule has 0 aromatic heterocycles. The molecule has 104 valence electrons. The van der Waals surface area contributed by atoms with Crippen molar-refractivity contribution in [3.05, 3.63) is 54.6 Å². The predicted molar refractivity (Wildman–Crippen MR) is 86.8 cm³/mol. The second-order valence-corrected chi connectivity index (χ2v) is 5.12. The number of phenols is 1. The number of nitrogens with zero attached hydrogens (tertiary/aromatic N) is 1. The fourth-order valence-electron chi connectivity index (χ4n) is 1.69. The van der Waals surface area contributed by atoms with E-state index in [-0.39, 0.29) is 5.75 Å². The van der Waals surface area contributed by atoms with Gasteiger partial charge >= 0.3 is 6.09 Å². The highest BCUT2D eigenvalue weighted by atomic mass is 127. The molecule has 4 nitrogen and oxygen atoms in total. The number of alkyl halides is 1. The summed E-state index contributed by atoms with van der Waals surface area (Å²) in [5.74, 6) is 0.675. The molecule has 1 N–H and O–H groups in total. The van der Waals surface area contributed by atoms with Crippen LogP contribution in [0.3, 0.4) is 0 Å². The molecule has 0 aliphatic heterocycles. The van der Waals surface area contributed by atoms with Gasteiger partial charge in [-0.1, -0.05) is 40.8 Å². The number of phenolic OH excluding ortho intramolecular Hbond substituents is 1. The molecule has 0 bridgehead atoms. The van der Waals surface area contributed by atoms with Crippen molar-refractivity contribution < 1.29 is 14.6 Å². The topological polar surface area (TPSA) is 49.8 Å². The smallest absolute Gasteiger partial charge is 0.419 e. The average Bonchev–Trinajstić information content (AvgIpc) is 2.47. The van der Waals surface area contributed by atoms with Crippen molar-refractivity contribution in [2.24, 2.45) is 0 Å². The van der Waals surface area contributed by atoms with E-state index in [0.717, 1.165) is 4.43 Å². The zero-order chi connectivity index (χ0) is 14.4. The summed E-state index contributed by atoms with van der Waals surface area (Å²) in [6.45, 7) is 0.539. The first-order valence-electron chi connectivity index (χ1n) is 6.10. The van der Waals surface area contributed by atoms with Gasteiger partial charge in [0, 0.05) is 16.7 Å². The van der Waals surface area contributed by atoms with Gasteiger partial charge in [0.2, 0.25) is 0 Å². The van der Waals surface area contributed by atoms with Gasteiger partial charge < -0.3 is 9.84 Å². The summed E-state index contributed by atoms with van der Waals surface area (Å²) >= 11 is 2.20. The second kappa shape index (κ2) is 7.14. The Hall–Kier alpha value is -1.76. The molecule has 0 atom stereocenters. The minimum absolute atomic E-state index is 0.166. The quantitative estimate of drug-likeness (QED) is 0.645. The van der Waals surface area contributed by atoms with Crippen molar-refractivity contribution in [3.8, 4) is 11.5 Å². The van der Waals surface area contributed by atoms with E-state index in [1.54, 1.807) is 41.3 Å². The Labute approximate surface area is 131 Å². The molecule has 20 heavy (non-hydrogen) atoms. The van der Waals surface area contributed by atoms with Crippen LogP contribution in [0.5, 0.6) is 11.5 Å². The van der Waals surface area contributed by atoms with E-state index in [1.807, 2.05) is 18.2 Å². The number of hydrogen-bond donors (Lipinski definition) is 1. The number of para-hydroxylation sites is 1. The standard InChI is InChI=1S/C15H14INO3/c16-10-11-17(12-6-8-13(18)9-7-12)15(19)20-14-4-2-1-3-5-14/h1-9,18H,10-11H2. The number of anilines is 1. The fourth-order valence-corrected chi connectivity index (χ4v) is 2.17. The van der Waals surface area contributed by atoms with Crippen LogP contribution < -0.4 is 9.64 Å². The Balaban J connectivity index is 2.15. The lowest BCUT2D eigenvalue weighted by molar-refractivity contribution is 0.208. The van der Waals surface area contributed by atoms with Crippen LogP contribution in [-0.4, -0.2) is 22.2 Å². The van der Waals surface area contributed by atoms with Gasteiger partial charge in [-0.25, -0.2) is 4.79 Å². The Morgan fingerprint density at radius 3 is 2.35 bits per heavy atom. The molecule has 0 aliphatic rings. The molecule has 2 rings (SSSR count). The SMILES string of the molecule is O=C(Oc1ccccc1)N(CCI)c1ccc(O)cc1. The minimum Gasteiger partial charge on any atom is -0.508 e. The Morgan fingerprint density at radius 1 is 1.10 bits per heavy atom. The molecular formula is C15H14INO3. The van der Waals surface area contributed by atoms with Crippen LogP contribution in [0.15, 0.2) is 54.6 Å². The van der Waals surface area contributed by atoms with Crippen molar-refractivity contribution in [2.75, 3.05) is 15.9 Å². The number of amides is 1. The molecule has 0 saturated carbocycles. The number of aromatic hydroxyl groups is 1. The lowest BCUT2D eigenvalue weighted by Crippen LogP contribution is -2.35. The first-order chi connectivity index (χ1) is 9.70. The van der Waals surface area contributed by atoms with E-state index in [2.05, 4.69) is 22.6 Å². The van der Waals surface area contributed by atoms with Gasteiger partial charge in [0.05, 0.1) is 0 Å². The van der Waals surface area contributed by atoms with Crippen LogP contribution in [0.4, 0.5) is 10.5 Å². The van der Waals surface area contributed by atoms with Gasteiger partial charge in [0.1, 0.15) is 11.5 Å². The first-order valence-corrected chi connectivity index (χ1v) is 7.62. The maximum Gasteiger partial charge on any atom is 0.419 e. The molecule has 0 unspecified atom stereocenters. The van der Waals surface area contributed by atoms with Gasteiger partial charge in [-0.3, -0.25) is 4.90 Å². The highest BCUT2D eigenvalue weighted by Crippen LogP contribution is 2.20. The fraction of sp³-hybridized carbons (Fsp3) is 0.133. The predicted octanol–water partition coefficient (Wildman–Crippen LogP) is 3.83. The van der Waals surface area contributed by atoms with E-state index in [1.165, 1.54) is 0 Å². The number of halogens is 1. The lowest BCUT2D eigenvalue weighted by Gasteiger charge is -2.21. The average molecular weight is 383 g/mol. The molecule has 0 saturated heterocycles. The highest BCUT2D eigenvalue weighted by Gasteiger charge is 2.17. The maximum absolute atomic E-state index is 12.2. The van der Waals surface area contributed by atoms with Gasteiger partial charge in [0.25, 0.3) is 0 Å². The van der Waals surface area contributed by atoms with Crippen molar-refractivity contribution in [1.29, 1.82) is 0 Å². The largest absolute Gasteiger partial charge is 0.508 e. The maximum atomic E-state index is 12.2. The van der Waals surface area contributed by atoms with E-state index in [0.29, 0.717) is 18.0 Å². The Morgan fingerprint density at radius 2 is 1.75 bits per heavy atom. The molecule has 1 amide bonds. The highest BCUT2D eigenvalue weighted by molar-refractivity contribution is 14.1. The van der Waals surface area contributed by atoms with Gasteiger partial charge in [-0.05, 0) is 36.4 Å². The summed E-state index contributed by atoms with van der Waals surface area (Å²) < 4.78 is 6.12. The summed E-state index contributed by atoms with van der Waals surface area (Å²) in [6, 6.07) is 15.4. The molecule has 0 radical (unpaired) electrons. The first kappa shape index (κ1) is 14.6. The van der Waals surface area contributed by atoms with Crippen LogP contribution in [0, 0.1) is 0 Å². The van der Waals surface area contributed by atoms with Crippen LogP contribution >= 0.6 is 22.6 Å². The molecule has 2 aromatic carbocycles. The van der Waals surface area contributed by atoms with Crippen molar-refractivity contribution >= 4 is 34.4 Å². The van der Waals surface area contributed by atoms with E-state index >= 15 is 0 Å². The van der Waals surface area contributed by atoms with Crippen molar-refractivity contribution in [1.82, 2.24) is 0 Å². The third kappa shape index (κ3) is 3.86. The summed E-state index contributed by atoms with van der Waals surface area (Å²) in [7, 11) is 0. The summed E-state index contributed by atoms with van der Waals surface area (Å²) in [4.78, 5) is 13.8. The van der Waals surface area contributed by atoms with Crippen LogP contribution in [0.25, 0.3) is 0 Å². The van der Waals surface area contributed by atoms with E-state index in [9.17, 15) is 9.90 Å². The second-order valence-electron chi connectivity index (χ2n) is 4.04. The van der Waals surface area contributed by atoms with Crippen LogP contribution in [0.1, 0.15) is 0 Å². The summed E-state index contributed by atoms with van der Waals surface area (Å²) in [6.07, 6.45) is -0.432. The summed E-state index contributed by atoms with van der Waals surface area (Å²) in [5.41, 5.74) is 0.695. The third-order valence-corrected chi connectivity index (χ3v) is 3.12. The number of ether oxygens (including phenoxy) is 1. The van der Waals surface area contributed by atoms with Crippen LogP contribution in [0.2, 0.25) is 0 Å². The zero-order valence-corrected chi connectivity index (χ0v) is 12.9. The minimum atomic E-state index is -0.432. The molecule has 0 fully saturated rings. The number of carbonyl (C=O) groups is 1.